The molecule has 4 aromatic rings. The lowest BCUT2D eigenvalue weighted by atomic mass is 10.2. The molecule has 2 aromatic carbocycles. The minimum absolute atomic E-state index is 0.0756. The Morgan fingerprint density at radius 2 is 1.81 bits per heavy atom. The van der Waals surface area contributed by atoms with Gasteiger partial charge in [-0.3, -0.25) is 14.6 Å². The van der Waals surface area contributed by atoms with Crippen LogP contribution in [0.1, 0.15) is 5.69 Å². The zero-order chi connectivity index (χ0) is 18.1. The van der Waals surface area contributed by atoms with E-state index in [9.17, 15) is 13.2 Å². The molecule has 2 heterocycles. The van der Waals surface area contributed by atoms with Gasteiger partial charge in [0.1, 0.15) is 17.3 Å². The van der Waals surface area contributed by atoms with Crippen LogP contribution in [0.3, 0.4) is 0 Å². The van der Waals surface area contributed by atoms with Gasteiger partial charge in [-0.05, 0) is 24.3 Å². The summed E-state index contributed by atoms with van der Waals surface area (Å²) in [6.07, 6.45) is 0. The molecule has 0 saturated carbocycles. The van der Waals surface area contributed by atoms with Crippen LogP contribution in [-0.2, 0) is 15.8 Å². The molecule has 0 radical (unpaired) electrons. The number of benzene rings is 2. The lowest BCUT2D eigenvalue weighted by Gasteiger charge is -2.05. The molecule has 0 atom stereocenters. The number of para-hydroxylation sites is 2. The van der Waals surface area contributed by atoms with Crippen LogP contribution in [0.4, 0.5) is 5.82 Å². The van der Waals surface area contributed by atoms with E-state index >= 15 is 0 Å². The van der Waals surface area contributed by atoms with E-state index in [0.717, 1.165) is 0 Å². The molecule has 8 nitrogen and oxygen atoms in total. The first-order chi connectivity index (χ1) is 12.5. The third-order valence-corrected chi connectivity index (χ3v) is 4.96. The Hall–Kier alpha value is -3.33. The van der Waals surface area contributed by atoms with Gasteiger partial charge in [-0.15, -0.1) is 0 Å². The highest BCUT2D eigenvalue weighted by Gasteiger charge is 2.19. The smallest absolute Gasteiger partial charge is 0.273 e. The molecule has 0 aliphatic heterocycles. The fourth-order valence-electron chi connectivity index (χ4n) is 2.64. The van der Waals surface area contributed by atoms with Crippen LogP contribution >= 0.6 is 0 Å². The topological polar surface area (TPSA) is 110 Å². The maximum Gasteiger partial charge on any atom is 0.273 e. The molecule has 9 heteroatoms. The lowest BCUT2D eigenvalue weighted by Crippen LogP contribution is -2.16. The Morgan fingerprint density at radius 3 is 2.62 bits per heavy atom. The first-order valence-corrected chi connectivity index (χ1v) is 9.38. The zero-order valence-electron chi connectivity index (χ0n) is 13.4. The van der Waals surface area contributed by atoms with Crippen LogP contribution in [0.15, 0.2) is 70.0 Å². The average molecular weight is 370 g/mol. The van der Waals surface area contributed by atoms with Gasteiger partial charge in [0.2, 0.25) is 10.0 Å². The summed E-state index contributed by atoms with van der Waals surface area (Å²) in [5.74, 6) is -0.297. The maximum absolute atomic E-state index is 12.4. The third-order valence-electron chi connectivity index (χ3n) is 3.78. The van der Waals surface area contributed by atoms with Crippen molar-refractivity contribution in [1.82, 2.24) is 14.9 Å². The van der Waals surface area contributed by atoms with E-state index in [1.54, 1.807) is 48.5 Å². The minimum atomic E-state index is -3.79. The molecule has 0 unspecified atom stereocenters. The van der Waals surface area contributed by atoms with Crippen LogP contribution < -0.4 is 10.3 Å². The summed E-state index contributed by atoms with van der Waals surface area (Å²) in [6, 6.07) is 17.0. The molecule has 132 valence electrons. The van der Waals surface area contributed by atoms with Gasteiger partial charge in [-0.25, -0.2) is 13.1 Å². The normalized spacial score (nSPS) is 11.7. The molecule has 26 heavy (non-hydrogen) atoms. The Labute approximate surface area is 148 Å². The summed E-state index contributed by atoms with van der Waals surface area (Å²) in [5, 5.41) is 7.19. The van der Waals surface area contributed by atoms with Gasteiger partial charge in [-0.1, -0.05) is 35.5 Å². The predicted molar refractivity (Wildman–Crippen MR) is 96.6 cm³/mol. The van der Waals surface area contributed by atoms with E-state index in [-0.39, 0.29) is 17.1 Å². The number of nitrogens with one attached hydrogen (secondary N) is 2. The Morgan fingerprint density at radius 1 is 1.08 bits per heavy atom. The summed E-state index contributed by atoms with van der Waals surface area (Å²) in [5.41, 5.74) is 1.05. The van der Waals surface area contributed by atoms with Gasteiger partial charge in [0, 0.05) is 11.5 Å². The number of fused-ring (bicyclic) bond motifs is 1. The van der Waals surface area contributed by atoms with Gasteiger partial charge in [-0.2, -0.15) is 0 Å². The minimum Gasteiger partial charge on any atom is -0.356 e. The van der Waals surface area contributed by atoms with Crippen molar-refractivity contribution in [2.45, 2.75) is 5.75 Å². The Balaban J connectivity index is 1.60. The number of H-pyrrole nitrogens is 1. The highest BCUT2D eigenvalue weighted by molar-refractivity contribution is 7.91. The first kappa shape index (κ1) is 16.2. The molecule has 4 rings (SSSR count). The van der Waals surface area contributed by atoms with Crippen molar-refractivity contribution >= 4 is 26.8 Å². The summed E-state index contributed by atoms with van der Waals surface area (Å²) in [6.45, 7) is 0. The molecular weight excluding hydrogens is 356 g/mol. The van der Waals surface area contributed by atoms with Crippen LogP contribution in [-0.4, -0.2) is 23.4 Å². The SMILES string of the molecule is O=c1cc(NS(=O)(=O)Cc2noc3ccccc23)[nH]n1-c1ccccc1. The van der Waals surface area contributed by atoms with Crippen molar-refractivity contribution in [1.29, 1.82) is 0 Å². The zero-order valence-corrected chi connectivity index (χ0v) is 14.2. The summed E-state index contributed by atoms with van der Waals surface area (Å²) < 4.78 is 33.6. The third kappa shape index (κ3) is 3.11. The van der Waals surface area contributed by atoms with Gasteiger partial charge in [0.25, 0.3) is 5.56 Å². The highest BCUT2D eigenvalue weighted by atomic mass is 32.2. The standard InChI is InChI=1S/C17H14N4O4S/c22-17-10-16(18-21(17)12-6-2-1-3-7-12)20-26(23,24)11-14-13-8-4-5-9-15(13)25-19-14/h1-10,18,20H,11H2. The number of sulfonamides is 1. The summed E-state index contributed by atoms with van der Waals surface area (Å²) >= 11 is 0. The van der Waals surface area contributed by atoms with Gasteiger partial charge < -0.3 is 4.52 Å². The average Bonchev–Trinajstić information content (AvgIpc) is 3.18. The number of hydrogen-bond donors (Lipinski definition) is 2. The van der Waals surface area contributed by atoms with Gasteiger partial charge in [0.15, 0.2) is 5.58 Å². The Kier molecular flexibility index (Phi) is 3.85. The molecule has 2 N–H and O–H groups in total. The molecule has 0 spiro atoms. The van der Waals surface area contributed by atoms with Crippen molar-refractivity contribution in [2.24, 2.45) is 0 Å². The van der Waals surface area contributed by atoms with Crippen LogP contribution in [0.25, 0.3) is 16.7 Å². The number of aromatic amines is 1. The van der Waals surface area contributed by atoms with E-state index < -0.39 is 10.0 Å². The quantitative estimate of drug-likeness (QED) is 0.560. The Bertz CT molecular complexity index is 1220. The number of rotatable bonds is 5. The van der Waals surface area contributed by atoms with E-state index in [2.05, 4.69) is 15.0 Å². The molecule has 0 aliphatic rings. The molecule has 2 aromatic heterocycles. The number of hydrogen-bond acceptors (Lipinski definition) is 5. The van der Waals surface area contributed by atoms with E-state index in [1.165, 1.54) is 10.7 Å². The summed E-state index contributed by atoms with van der Waals surface area (Å²) in [4.78, 5) is 12.1. The maximum atomic E-state index is 12.4. The monoisotopic (exact) mass is 370 g/mol. The first-order valence-electron chi connectivity index (χ1n) is 7.73. The second-order valence-corrected chi connectivity index (χ2v) is 7.39. The van der Waals surface area contributed by atoms with E-state index in [1.807, 2.05) is 6.07 Å². The molecule has 0 aliphatic carbocycles. The fraction of sp³-hybridized carbons (Fsp3) is 0.0588. The van der Waals surface area contributed by atoms with Crippen molar-refractivity contribution in [3.8, 4) is 5.69 Å². The molecule has 0 fully saturated rings. The predicted octanol–water partition coefficient (Wildman–Crippen LogP) is 2.25. The summed E-state index contributed by atoms with van der Waals surface area (Å²) in [7, 11) is -3.79. The largest absolute Gasteiger partial charge is 0.356 e. The second kappa shape index (κ2) is 6.19. The van der Waals surface area contributed by atoms with E-state index in [4.69, 9.17) is 4.52 Å². The van der Waals surface area contributed by atoms with Crippen molar-refractivity contribution < 1.29 is 12.9 Å². The van der Waals surface area contributed by atoms with Crippen LogP contribution in [0, 0.1) is 0 Å². The fourth-order valence-corrected chi connectivity index (χ4v) is 3.72. The van der Waals surface area contributed by atoms with Gasteiger partial charge >= 0.3 is 0 Å². The number of nitrogens with zero attached hydrogens (tertiary/aromatic N) is 2. The number of aromatic nitrogens is 3. The molecule has 0 amide bonds. The molecule has 0 saturated heterocycles. The van der Waals surface area contributed by atoms with Crippen LogP contribution in [0.2, 0.25) is 0 Å². The lowest BCUT2D eigenvalue weighted by molar-refractivity contribution is 0.448. The highest BCUT2D eigenvalue weighted by Crippen LogP contribution is 2.20. The second-order valence-electron chi connectivity index (χ2n) is 5.67. The van der Waals surface area contributed by atoms with Crippen molar-refractivity contribution in [2.75, 3.05) is 4.72 Å². The molecular formula is C17H14N4O4S. The van der Waals surface area contributed by atoms with Gasteiger partial charge in [0.05, 0.1) is 5.69 Å². The number of anilines is 1. The van der Waals surface area contributed by atoms with E-state index in [0.29, 0.717) is 22.4 Å². The molecule has 0 bridgehead atoms. The van der Waals surface area contributed by atoms with Crippen LogP contribution in [0.5, 0.6) is 0 Å². The van der Waals surface area contributed by atoms with Crippen molar-refractivity contribution in [3.05, 3.63) is 76.7 Å². The van der Waals surface area contributed by atoms with Crippen molar-refractivity contribution in [3.63, 3.8) is 0 Å².